The lowest BCUT2D eigenvalue weighted by atomic mass is 9.98. The zero-order valence-corrected chi connectivity index (χ0v) is 14.3. The van der Waals surface area contributed by atoms with Gasteiger partial charge in [0.15, 0.2) is 5.75 Å². The minimum absolute atomic E-state index is 0.0323. The van der Waals surface area contributed by atoms with E-state index in [1.54, 1.807) is 19.2 Å². The average molecular weight is 326 g/mol. The largest absolute Gasteiger partial charge is 0.504 e. The Labute approximate surface area is 139 Å². The third-order valence-corrected chi connectivity index (χ3v) is 4.52. The molecular weight excluding hydrogens is 304 g/mol. The van der Waals surface area contributed by atoms with E-state index >= 15 is 0 Å². The van der Waals surface area contributed by atoms with Gasteiger partial charge >= 0.3 is 0 Å². The smallest absolute Gasteiger partial charge is 0.251 e. The van der Waals surface area contributed by atoms with Crippen molar-refractivity contribution in [3.63, 3.8) is 0 Å². The molecule has 0 atom stereocenters. The molecule has 0 saturated carbocycles. The van der Waals surface area contributed by atoms with Crippen molar-refractivity contribution in [2.75, 3.05) is 0 Å². The number of rotatable bonds is 4. The van der Waals surface area contributed by atoms with Crippen LogP contribution in [0.15, 0.2) is 27.8 Å². The van der Waals surface area contributed by atoms with Crippen LogP contribution in [0.25, 0.3) is 21.8 Å². The summed E-state index contributed by atoms with van der Waals surface area (Å²) in [7, 11) is 1.64. The molecule has 5 heteroatoms. The highest BCUT2D eigenvalue weighted by atomic mass is 16.3. The number of fused-ring (bicyclic) bond motifs is 2. The number of aromatic hydroxyl groups is 1. The van der Waals surface area contributed by atoms with Crippen molar-refractivity contribution >= 4 is 21.8 Å². The van der Waals surface area contributed by atoms with Crippen LogP contribution in [-0.2, 0) is 19.9 Å². The first-order valence-electron chi connectivity index (χ1n) is 8.38. The molecule has 0 amide bonds. The number of phenolic OH excluding ortho intramolecular Hbond substituents is 1. The molecule has 24 heavy (non-hydrogen) atoms. The first kappa shape index (κ1) is 16.3. The number of aryl methyl sites for hydroxylation is 3. The van der Waals surface area contributed by atoms with E-state index in [9.17, 15) is 14.7 Å². The molecule has 3 aromatic rings. The molecule has 2 aromatic heterocycles. The summed E-state index contributed by atoms with van der Waals surface area (Å²) in [5, 5.41) is 12.5. The van der Waals surface area contributed by atoms with Gasteiger partial charge in [-0.3, -0.25) is 9.59 Å². The second-order valence-corrected chi connectivity index (χ2v) is 6.27. The van der Waals surface area contributed by atoms with E-state index in [4.69, 9.17) is 0 Å². The van der Waals surface area contributed by atoms with Crippen molar-refractivity contribution in [1.29, 1.82) is 0 Å². The fourth-order valence-corrected chi connectivity index (χ4v) is 3.40. The summed E-state index contributed by atoms with van der Waals surface area (Å²) < 4.78 is 1.44. The van der Waals surface area contributed by atoms with Crippen LogP contribution in [0.2, 0.25) is 0 Å². The zero-order chi connectivity index (χ0) is 17.4. The Morgan fingerprint density at radius 2 is 1.62 bits per heavy atom. The van der Waals surface area contributed by atoms with Gasteiger partial charge in [-0.15, -0.1) is 0 Å². The molecule has 0 spiro atoms. The molecule has 0 aliphatic carbocycles. The SMILES string of the molecule is CCCc1cc(=O)[nH]c2c(O)c3c(cc12)c(CCC)cc(=O)n3C. The monoisotopic (exact) mass is 326 g/mol. The molecule has 0 fully saturated rings. The standard InChI is InChI=1S/C19H22N2O3/c1-4-6-11-8-15(22)20-17-13(11)10-14-12(7-5-2)9-16(23)21(3)18(14)19(17)24/h8-10,24H,4-7H2,1-3H3,(H,20,22). The van der Waals surface area contributed by atoms with E-state index in [0.29, 0.717) is 11.0 Å². The molecule has 5 nitrogen and oxygen atoms in total. The summed E-state index contributed by atoms with van der Waals surface area (Å²) in [5.41, 5.74) is 2.33. The summed E-state index contributed by atoms with van der Waals surface area (Å²) in [5.74, 6) is -0.0323. The van der Waals surface area contributed by atoms with E-state index in [1.807, 2.05) is 6.07 Å². The first-order chi connectivity index (χ1) is 11.5. The summed E-state index contributed by atoms with van der Waals surface area (Å²) in [6.07, 6.45) is 3.35. The van der Waals surface area contributed by atoms with Crippen molar-refractivity contribution in [2.24, 2.45) is 7.05 Å². The molecule has 0 radical (unpaired) electrons. The van der Waals surface area contributed by atoms with E-state index in [0.717, 1.165) is 47.6 Å². The topological polar surface area (TPSA) is 75.1 Å². The van der Waals surface area contributed by atoms with Crippen molar-refractivity contribution in [3.8, 4) is 5.75 Å². The van der Waals surface area contributed by atoms with Crippen LogP contribution in [0.1, 0.15) is 37.8 Å². The molecule has 2 heterocycles. The van der Waals surface area contributed by atoms with Crippen LogP contribution < -0.4 is 11.1 Å². The van der Waals surface area contributed by atoms with Crippen LogP contribution in [0.5, 0.6) is 5.75 Å². The van der Waals surface area contributed by atoms with Crippen molar-refractivity contribution in [2.45, 2.75) is 39.5 Å². The molecule has 1 aromatic carbocycles. The quantitative estimate of drug-likeness (QED) is 0.724. The Morgan fingerprint density at radius 3 is 2.25 bits per heavy atom. The second-order valence-electron chi connectivity index (χ2n) is 6.27. The number of nitrogens with one attached hydrogen (secondary N) is 1. The summed E-state index contributed by atoms with van der Waals surface area (Å²) >= 11 is 0. The Morgan fingerprint density at radius 1 is 1.00 bits per heavy atom. The molecular formula is C19H22N2O3. The van der Waals surface area contributed by atoms with Crippen molar-refractivity contribution < 1.29 is 5.11 Å². The van der Waals surface area contributed by atoms with Gasteiger partial charge in [-0.25, -0.2) is 0 Å². The summed E-state index contributed by atoms with van der Waals surface area (Å²) in [6.45, 7) is 4.12. The van der Waals surface area contributed by atoms with Gasteiger partial charge in [0.05, 0.1) is 11.0 Å². The highest BCUT2D eigenvalue weighted by molar-refractivity contribution is 6.03. The molecule has 0 unspecified atom stereocenters. The Hall–Kier alpha value is -2.56. The van der Waals surface area contributed by atoms with Crippen LogP contribution >= 0.6 is 0 Å². The Kier molecular flexibility index (Phi) is 4.18. The maximum absolute atomic E-state index is 12.2. The minimum Gasteiger partial charge on any atom is -0.504 e. The fraction of sp³-hybridized carbons (Fsp3) is 0.368. The van der Waals surface area contributed by atoms with Gasteiger partial charge in [-0.1, -0.05) is 26.7 Å². The second kappa shape index (κ2) is 6.15. The van der Waals surface area contributed by atoms with Gasteiger partial charge in [-0.05, 0) is 30.0 Å². The van der Waals surface area contributed by atoms with Crippen molar-refractivity contribution in [1.82, 2.24) is 9.55 Å². The lowest BCUT2D eigenvalue weighted by Gasteiger charge is -2.15. The van der Waals surface area contributed by atoms with E-state index < -0.39 is 0 Å². The predicted molar refractivity (Wildman–Crippen MR) is 97.0 cm³/mol. The lowest BCUT2D eigenvalue weighted by Crippen LogP contribution is -2.18. The first-order valence-corrected chi connectivity index (χ1v) is 8.38. The lowest BCUT2D eigenvalue weighted by molar-refractivity contribution is 0.483. The number of aromatic nitrogens is 2. The molecule has 0 saturated heterocycles. The van der Waals surface area contributed by atoms with Gasteiger partial charge in [0.25, 0.3) is 5.56 Å². The summed E-state index contributed by atoms with van der Waals surface area (Å²) in [4.78, 5) is 26.9. The van der Waals surface area contributed by atoms with Crippen LogP contribution in [-0.4, -0.2) is 14.7 Å². The van der Waals surface area contributed by atoms with Crippen LogP contribution in [0, 0.1) is 0 Å². The van der Waals surface area contributed by atoms with Gasteiger partial charge < -0.3 is 14.7 Å². The normalized spacial score (nSPS) is 11.5. The van der Waals surface area contributed by atoms with Gasteiger partial charge in [0, 0.05) is 30.0 Å². The molecule has 2 N–H and O–H groups in total. The Bertz CT molecular complexity index is 1040. The number of hydrogen-bond donors (Lipinski definition) is 2. The maximum atomic E-state index is 12.2. The summed E-state index contributed by atoms with van der Waals surface area (Å²) in [6, 6.07) is 5.23. The van der Waals surface area contributed by atoms with E-state index in [2.05, 4.69) is 18.8 Å². The number of benzene rings is 1. The highest BCUT2D eigenvalue weighted by Crippen LogP contribution is 2.34. The van der Waals surface area contributed by atoms with Crippen molar-refractivity contribution in [3.05, 3.63) is 50.0 Å². The maximum Gasteiger partial charge on any atom is 0.251 e. The van der Waals surface area contributed by atoms with Gasteiger partial charge in [-0.2, -0.15) is 0 Å². The van der Waals surface area contributed by atoms with E-state index in [1.165, 1.54) is 4.57 Å². The fourth-order valence-electron chi connectivity index (χ4n) is 3.40. The van der Waals surface area contributed by atoms with Gasteiger partial charge in [0.1, 0.15) is 0 Å². The number of hydrogen-bond acceptors (Lipinski definition) is 3. The minimum atomic E-state index is -0.240. The zero-order valence-electron chi connectivity index (χ0n) is 14.3. The third-order valence-electron chi connectivity index (χ3n) is 4.52. The average Bonchev–Trinajstić information content (AvgIpc) is 2.53. The number of H-pyrrole nitrogens is 1. The number of pyridine rings is 2. The van der Waals surface area contributed by atoms with Crippen LogP contribution in [0.3, 0.4) is 0 Å². The number of phenols is 1. The molecule has 0 aliphatic rings. The molecule has 126 valence electrons. The predicted octanol–water partition coefficient (Wildman–Crippen LogP) is 2.99. The molecule has 3 rings (SSSR count). The van der Waals surface area contributed by atoms with Gasteiger partial charge in [0.2, 0.25) is 5.56 Å². The Balaban J connectivity index is 2.55. The molecule has 0 aliphatic heterocycles. The van der Waals surface area contributed by atoms with E-state index in [-0.39, 0.29) is 16.9 Å². The third kappa shape index (κ3) is 2.50. The molecule has 0 bridgehead atoms. The number of nitrogens with zero attached hydrogens (tertiary/aromatic N) is 1. The van der Waals surface area contributed by atoms with Crippen LogP contribution in [0.4, 0.5) is 0 Å². The number of aromatic amines is 1. The highest BCUT2D eigenvalue weighted by Gasteiger charge is 2.16.